The van der Waals surface area contributed by atoms with E-state index >= 15 is 0 Å². The lowest BCUT2D eigenvalue weighted by Crippen LogP contribution is -2.37. The van der Waals surface area contributed by atoms with E-state index in [2.05, 4.69) is 5.32 Å². The van der Waals surface area contributed by atoms with Crippen molar-refractivity contribution >= 4 is 5.91 Å². The van der Waals surface area contributed by atoms with Gasteiger partial charge in [0.25, 0.3) is 0 Å². The third kappa shape index (κ3) is 2.96. The van der Waals surface area contributed by atoms with Gasteiger partial charge in [0.15, 0.2) is 0 Å². The van der Waals surface area contributed by atoms with E-state index in [0.717, 1.165) is 19.3 Å². The number of carbonyl (C=O) groups is 1. The fourth-order valence-electron chi connectivity index (χ4n) is 1.45. The lowest BCUT2D eigenvalue weighted by molar-refractivity contribution is -0.130. The molecule has 0 heterocycles. The minimum Gasteiger partial charge on any atom is -0.396 e. The van der Waals surface area contributed by atoms with Crippen LogP contribution >= 0.6 is 0 Å². The third-order valence-electron chi connectivity index (χ3n) is 2.96. The monoisotopic (exact) mass is 201 g/mol. The van der Waals surface area contributed by atoms with Crippen LogP contribution in [-0.4, -0.2) is 37.4 Å². The number of rotatable bonds is 6. The largest absolute Gasteiger partial charge is 0.396 e. The molecule has 0 bridgehead atoms. The van der Waals surface area contributed by atoms with Crippen LogP contribution in [0.1, 0.15) is 26.2 Å². The van der Waals surface area contributed by atoms with Crippen LogP contribution in [0.4, 0.5) is 0 Å². The molecular weight excluding hydrogens is 182 g/mol. The van der Waals surface area contributed by atoms with Gasteiger partial charge in [0.2, 0.25) is 5.91 Å². The van der Waals surface area contributed by atoms with E-state index in [9.17, 15) is 4.79 Å². The maximum Gasteiger partial charge on any atom is 0.248 e. The molecule has 0 aromatic rings. The maximum absolute atomic E-state index is 11.4. The smallest absolute Gasteiger partial charge is 0.248 e. The molecule has 14 heavy (non-hydrogen) atoms. The summed E-state index contributed by atoms with van der Waals surface area (Å²) >= 11 is 0. The van der Waals surface area contributed by atoms with E-state index in [1.807, 2.05) is 0 Å². The van der Waals surface area contributed by atoms with Crippen LogP contribution in [-0.2, 0) is 9.53 Å². The van der Waals surface area contributed by atoms with Crippen LogP contribution in [0.5, 0.6) is 0 Å². The standard InChI is InChI=1S/C10H19NO3/c1-8(14-2)9(13)11-7-10(3-4-10)5-6-12/h8,12H,3-7H2,1-2H3,(H,11,13). The summed E-state index contributed by atoms with van der Waals surface area (Å²) in [5.74, 6) is -0.0725. The van der Waals surface area contributed by atoms with Gasteiger partial charge >= 0.3 is 0 Å². The molecule has 0 aliphatic heterocycles. The molecule has 1 saturated carbocycles. The molecule has 1 aliphatic carbocycles. The van der Waals surface area contributed by atoms with Gasteiger partial charge in [-0.2, -0.15) is 0 Å². The fraction of sp³-hybridized carbons (Fsp3) is 0.900. The van der Waals surface area contributed by atoms with Crippen molar-refractivity contribution in [1.82, 2.24) is 5.32 Å². The third-order valence-corrected chi connectivity index (χ3v) is 2.96. The van der Waals surface area contributed by atoms with Crippen molar-refractivity contribution in [3.63, 3.8) is 0 Å². The minimum absolute atomic E-state index is 0.0725. The lowest BCUT2D eigenvalue weighted by Gasteiger charge is -2.16. The number of hydrogen-bond acceptors (Lipinski definition) is 3. The molecule has 2 N–H and O–H groups in total. The molecule has 1 atom stereocenters. The molecule has 0 radical (unpaired) electrons. The van der Waals surface area contributed by atoms with Crippen LogP contribution in [0.2, 0.25) is 0 Å². The van der Waals surface area contributed by atoms with Crippen LogP contribution in [0.15, 0.2) is 0 Å². The fourth-order valence-corrected chi connectivity index (χ4v) is 1.45. The molecule has 0 spiro atoms. The second-order valence-electron chi connectivity index (χ2n) is 4.07. The van der Waals surface area contributed by atoms with E-state index in [1.54, 1.807) is 6.92 Å². The zero-order valence-electron chi connectivity index (χ0n) is 8.88. The predicted molar refractivity (Wildman–Crippen MR) is 52.9 cm³/mol. The topological polar surface area (TPSA) is 58.6 Å². The predicted octanol–water partition coefficient (Wildman–Crippen LogP) is 0.300. The van der Waals surface area contributed by atoms with Crippen molar-refractivity contribution in [2.75, 3.05) is 20.3 Å². The average Bonchev–Trinajstić information content (AvgIpc) is 2.94. The van der Waals surface area contributed by atoms with E-state index < -0.39 is 0 Å². The molecule has 0 saturated heterocycles. The highest BCUT2D eigenvalue weighted by atomic mass is 16.5. The Kier molecular flexibility index (Phi) is 3.89. The first-order valence-electron chi connectivity index (χ1n) is 5.05. The number of aliphatic hydroxyl groups excluding tert-OH is 1. The van der Waals surface area contributed by atoms with E-state index in [0.29, 0.717) is 6.54 Å². The number of carbonyl (C=O) groups excluding carboxylic acids is 1. The summed E-state index contributed by atoms with van der Waals surface area (Å²) in [5, 5.41) is 11.7. The summed E-state index contributed by atoms with van der Waals surface area (Å²) in [7, 11) is 1.52. The second kappa shape index (κ2) is 4.75. The summed E-state index contributed by atoms with van der Waals surface area (Å²) in [6.45, 7) is 2.59. The molecule has 4 nitrogen and oxygen atoms in total. The van der Waals surface area contributed by atoms with Crippen molar-refractivity contribution in [3.05, 3.63) is 0 Å². The zero-order valence-corrected chi connectivity index (χ0v) is 8.88. The Hall–Kier alpha value is -0.610. The van der Waals surface area contributed by atoms with Gasteiger partial charge in [-0.25, -0.2) is 0 Å². The summed E-state index contributed by atoms with van der Waals surface area (Å²) in [6, 6.07) is 0. The lowest BCUT2D eigenvalue weighted by atomic mass is 10.0. The minimum atomic E-state index is -0.389. The highest BCUT2D eigenvalue weighted by Crippen LogP contribution is 2.47. The number of hydrogen-bond donors (Lipinski definition) is 2. The first kappa shape index (κ1) is 11.5. The van der Waals surface area contributed by atoms with E-state index in [-0.39, 0.29) is 24.0 Å². The Balaban J connectivity index is 2.23. The van der Waals surface area contributed by atoms with Gasteiger partial charge in [0, 0.05) is 20.3 Å². The van der Waals surface area contributed by atoms with Crippen molar-refractivity contribution < 1.29 is 14.6 Å². The van der Waals surface area contributed by atoms with Crippen molar-refractivity contribution in [1.29, 1.82) is 0 Å². The molecule has 1 aliphatic rings. The number of nitrogens with one attached hydrogen (secondary N) is 1. The normalized spacial score (nSPS) is 20.2. The van der Waals surface area contributed by atoms with Crippen molar-refractivity contribution in [2.24, 2.45) is 5.41 Å². The van der Waals surface area contributed by atoms with Crippen molar-refractivity contribution in [2.45, 2.75) is 32.3 Å². The molecule has 0 aromatic heterocycles. The summed E-state index contributed by atoms with van der Waals surface area (Å²) < 4.78 is 4.90. The quantitative estimate of drug-likeness (QED) is 0.650. The zero-order chi connectivity index (χ0) is 10.6. The summed E-state index contributed by atoms with van der Waals surface area (Å²) in [6.07, 6.45) is 2.61. The molecule has 1 rings (SSSR count). The van der Waals surface area contributed by atoms with Crippen LogP contribution in [0.3, 0.4) is 0 Å². The molecular formula is C10H19NO3. The van der Waals surface area contributed by atoms with E-state index in [1.165, 1.54) is 7.11 Å². The summed E-state index contributed by atoms with van der Waals surface area (Å²) in [4.78, 5) is 11.4. The second-order valence-corrected chi connectivity index (χ2v) is 4.07. The number of aliphatic hydroxyl groups is 1. The van der Waals surface area contributed by atoms with Gasteiger partial charge < -0.3 is 15.2 Å². The SMILES string of the molecule is COC(C)C(=O)NCC1(CCO)CC1. The molecule has 82 valence electrons. The van der Waals surface area contributed by atoms with E-state index in [4.69, 9.17) is 9.84 Å². The Bertz CT molecular complexity index is 202. The first-order valence-corrected chi connectivity index (χ1v) is 5.05. The van der Waals surface area contributed by atoms with Gasteiger partial charge in [-0.1, -0.05) is 0 Å². The average molecular weight is 201 g/mol. The van der Waals surface area contributed by atoms with Gasteiger partial charge in [0.05, 0.1) is 0 Å². The molecule has 1 fully saturated rings. The van der Waals surface area contributed by atoms with Crippen LogP contribution in [0, 0.1) is 5.41 Å². The molecule has 0 aromatic carbocycles. The Labute approximate surface area is 84.6 Å². The Morgan fingerprint density at radius 2 is 2.29 bits per heavy atom. The van der Waals surface area contributed by atoms with Gasteiger partial charge in [-0.3, -0.25) is 4.79 Å². The first-order chi connectivity index (χ1) is 6.63. The van der Waals surface area contributed by atoms with Gasteiger partial charge in [0.1, 0.15) is 6.10 Å². The molecule has 1 amide bonds. The van der Waals surface area contributed by atoms with Crippen LogP contribution in [0.25, 0.3) is 0 Å². The van der Waals surface area contributed by atoms with Crippen molar-refractivity contribution in [3.8, 4) is 0 Å². The Morgan fingerprint density at radius 3 is 2.71 bits per heavy atom. The molecule has 4 heteroatoms. The van der Waals surface area contributed by atoms with Gasteiger partial charge in [-0.15, -0.1) is 0 Å². The summed E-state index contributed by atoms with van der Waals surface area (Å²) in [5.41, 5.74) is 0.178. The van der Waals surface area contributed by atoms with Crippen LogP contribution < -0.4 is 5.32 Å². The Morgan fingerprint density at radius 1 is 1.64 bits per heavy atom. The number of amides is 1. The highest BCUT2D eigenvalue weighted by Gasteiger charge is 2.42. The maximum atomic E-state index is 11.4. The number of ether oxygens (including phenoxy) is 1. The van der Waals surface area contributed by atoms with Gasteiger partial charge in [-0.05, 0) is 31.6 Å². The highest BCUT2D eigenvalue weighted by molar-refractivity contribution is 5.80. The number of methoxy groups -OCH3 is 1. The molecule has 1 unspecified atom stereocenters.